The van der Waals surface area contributed by atoms with E-state index >= 15 is 0 Å². The summed E-state index contributed by atoms with van der Waals surface area (Å²) in [7, 11) is 0. The zero-order valence-corrected chi connectivity index (χ0v) is 12.1. The van der Waals surface area contributed by atoms with Gasteiger partial charge in [-0.25, -0.2) is 4.79 Å². The number of aliphatic hydroxyl groups excluding tert-OH is 1. The molecular formula is C13H25N3O4. The third-order valence-electron chi connectivity index (χ3n) is 3.34. The lowest BCUT2D eigenvalue weighted by molar-refractivity contribution is -0.125. The summed E-state index contributed by atoms with van der Waals surface area (Å²) in [6, 6.07) is -1.11. The smallest absolute Gasteiger partial charge is 0.405 e. The first-order chi connectivity index (χ1) is 9.40. The zero-order valence-electron chi connectivity index (χ0n) is 12.1. The van der Waals surface area contributed by atoms with Crippen LogP contribution < -0.4 is 16.0 Å². The Balaban J connectivity index is 2.61. The van der Waals surface area contributed by atoms with E-state index in [1.807, 2.05) is 13.8 Å². The topological polar surface area (TPSA) is 111 Å². The third kappa shape index (κ3) is 5.75. The Morgan fingerprint density at radius 2 is 2.10 bits per heavy atom. The van der Waals surface area contributed by atoms with Gasteiger partial charge in [0.2, 0.25) is 5.91 Å². The number of aliphatic hydroxyl groups is 1. The lowest BCUT2D eigenvalue weighted by Gasteiger charge is -2.25. The molecule has 20 heavy (non-hydrogen) atoms. The first kappa shape index (κ1) is 16.7. The van der Waals surface area contributed by atoms with Gasteiger partial charge in [-0.05, 0) is 31.7 Å². The molecule has 7 nitrogen and oxygen atoms in total. The van der Waals surface area contributed by atoms with E-state index in [1.165, 1.54) is 0 Å². The molecule has 0 saturated carbocycles. The molecule has 3 atom stereocenters. The summed E-state index contributed by atoms with van der Waals surface area (Å²) in [5.41, 5.74) is 0. The van der Waals surface area contributed by atoms with Crippen LogP contribution in [0.2, 0.25) is 0 Å². The van der Waals surface area contributed by atoms with Crippen molar-refractivity contribution in [2.45, 2.75) is 51.3 Å². The maximum Gasteiger partial charge on any atom is 0.405 e. The second kappa shape index (κ2) is 8.06. The summed E-state index contributed by atoms with van der Waals surface area (Å²) >= 11 is 0. The van der Waals surface area contributed by atoms with Crippen LogP contribution in [0.5, 0.6) is 0 Å². The first-order valence-corrected chi connectivity index (χ1v) is 7.08. The zero-order chi connectivity index (χ0) is 15.1. The maximum atomic E-state index is 12.2. The van der Waals surface area contributed by atoms with Crippen LogP contribution in [-0.2, 0) is 4.79 Å². The molecule has 5 N–H and O–H groups in total. The number of carbonyl (C=O) groups is 2. The number of carboxylic acid groups (broad SMARTS) is 1. The van der Waals surface area contributed by atoms with Gasteiger partial charge in [0, 0.05) is 6.54 Å². The van der Waals surface area contributed by atoms with Gasteiger partial charge in [0.25, 0.3) is 0 Å². The van der Waals surface area contributed by atoms with Crippen molar-refractivity contribution in [3.8, 4) is 0 Å². The van der Waals surface area contributed by atoms with Crippen LogP contribution in [0.3, 0.4) is 0 Å². The molecule has 1 rings (SSSR count). The van der Waals surface area contributed by atoms with Crippen LogP contribution in [0.1, 0.15) is 33.1 Å². The Kier molecular flexibility index (Phi) is 6.74. The van der Waals surface area contributed by atoms with Gasteiger partial charge >= 0.3 is 6.09 Å². The molecule has 1 aliphatic heterocycles. The van der Waals surface area contributed by atoms with E-state index in [1.54, 1.807) is 0 Å². The summed E-state index contributed by atoms with van der Waals surface area (Å²) in [6.07, 6.45) is 0.115. The molecule has 7 heteroatoms. The minimum absolute atomic E-state index is 0.193. The van der Waals surface area contributed by atoms with E-state index in [9.17, 15) is 14.7 Å². The summed E-state index contributed by atoms with van der Waals surface area (Å²) in [5, 5.41) is 26.8. The Hall–Kier alpha value is -1.34. The van der Waals surface area contributed by atoms with E-state index < -0.39 is 18.2 Å². The highest BCUT2D eigenvalue weighted by molar-refractivity contribution is 5.85. The fraction of sp³-hybridized carbons (Fsp3) is 0.846. The molecule has 1 fully saturated rings. The Morgan fingerprint density at radius 1 is 1.40 bits per heavy atom. The standard InChI is InChI=1S/C13H25N3O4/c1-8(2)6-10(16-13(19)20)12(18)15-9-4-3-5-14-7-11(9)17/h8-11,14,16-17H,3-7H2,1-2H3,(H,15,18)(H,19,20)/t9?,10-,11?/m0/s1. The van der Waals surface area contributed by atoms with Gasteiger partial charge in [0.1, 0.15) is 6.04 Å². The average molecular weight is 287 g/mol. The number of amides is 2. The van der Waals surface area contributed by atoms with Gasteiger partial charge in [0.05, 0.1) is 12.1 Å². The van der Waals surface area contributed by atoms with E-state index in [0.717, 1.165) is 13.0 Å². The normalized spacial score (nSPS) is 24.8. The molecule has 0 aromatic carbocycles. The van der Waals surface area contributed by atoms with Crippen LogP contribution in [0.15, 0.2) is 0 Å². The minimum atomic E-state index is -1.21. The summed E-state index contributed by atoms with van der Waals surface area (Å²) in [5.74, 6) is -0.176. The lowest BCUT2D eigenvalue weighted by atomic mass is 10.0. The van der Waals surface area contributed by atoms with E-state index in [0.29, 0.717) is 19.4 Å². The number of hydrogen-bond acceptors (Lipinski definition) is 4. The van der Waals surface area contributed by atoms with Crippen LogP contribution in [0, 0.1) is 5.92 Å². The number of rotatable bonds is 5. The number of β-amino-alcohol motifs (C(OH)–C–C–N with tert-alkyl or cyclic N) is 1. The Bertz CT molecular complexity index is 336. The Morgan fingerprint density at radius 3 is 2.70 bits per heavy atom. The van der Waals surface area contributed by atoms with Crippen molar-refractivity contribution in [3.63, 3.8) is 0 Å². The van der Waals surface area contributed by atoms with Gasteiger partial charge in [-0.2, -0.15) is 0 Å². The van der Waals surface area contributed by atoms with E-state index in [4.69, 9.17) is 5.11 Å². The summed E-state index contributed by atoms with van der Waals surface area (Å²) < 4.78 is 0. The molecule has 0 aliphatic carbocycles. The van der Waals surface area contributed by atoms with Crippen LogP contribution in [-0.4, -0.2) is 53.5 Å². The molecule has 0 radical (unpaired) electrons. The summed E-state index contributed by atoms with van der Waals surface area (Å²) in [6.45, 7) is 5.10. The predicted molar refractivity (Wildman–Crippen MR) is 74.4 cm³/mol. The molecule has 1 aliphatic rings. The predicted octanol–water partition coefficient (Wildman–Crippen LogP) is -0.102. The first-order valence-electron chi connectivity index (χ1n) is 7.08. The monoisotopic (exact) mass is 287 g/mol. The van der Waals surface area contributed by atoms with Crippen LogP contribution in [0.25, 0.3) is 0 Å². The van der Waals surface area contributed by atoms with Crippen molar-refractivity contribution in [3.05, 3.63) is 0 Å². The van der Waals surface area contributed by atoms with Crippen LogP contribution in [0.4, 0.5) is 4.79 Å². The fourth-order valence-corrected chi connectivity index (χ4v) is 2.34. The van der Waals surface area contributed by atoms with Gasteiger partial charge in [0.15, 0.2) is 0 Å². The molecule has 0 spiro atoms. The van der Waals surface area contributed by atoms with Crippen molar-refractivity contribution < 1.29 is 19.8 Å². The largest absolute Gasteiger partial charge is 0.465 e. The fourth-order valence-electron chi connectivity index (χ4n) is 2.34. The van der Waals surface area contributed by atoms with Gasteiger partial charge in [-0.1, -0.05) is 13.8 Å². The van der Waals surface area contributed by atoms with Crippen molar-refractivity contribution in [2.75, 3.05) is 13.1 Å². The highest BCUT2D eigenvalue weighted by Crippen LogP contribution is 2.09. The number of carbonyl (C=O) groups excluding carboxylic acids is 1. The molecule has 1 saturated heterocycles. The SMILES string of the molecule is CC(C)C[C@H](NC(=O)O)C(=O)NC1CCCNCC1O. The molecule has 0 aromatic heterocycles. The highest BCUT2D eigenvalue weighted by Gasteiger charge is 2.27. The average Bonchev–Trinajstić information content (AvgIpc) is 2.53. The maximum absolute atomic E-state index is 12.2. The van der Waals surface area contributed by atoms with Crippen LogP contribution >= 0.6 is 0 Å². The van der Waals surface area contributed by atoms with Crippen molar-refractivity contribution >= 4 is 12.0 Å². The number of nitrogens with one attached hydrogen (secondary N) is 3. The molecule has 0 aromatic rings. The van der Waals surface area contributed by atoms with Gasteiger partial charge in [-0.3, -0.25) is 4.79 Å². The summed E-state index contributed by atoms with van der Waals surface area (Å²) in [4.78, 5) is 22.9. The number of hydrogen-bond donors (Lipinski definition) is 5. The molecule has 2 amide bonds. The van der Waals surface area contributed by atoms with Crippen molar-refractivity contribution in [1.29, 1.82) is 0 Å². The molecule has 1 heterocycles. The molecule has 2 unspecified atom stereocenters. The second-order valence-corrected chi connectivity index (χ2v) is 5.66. The lowest BCUT2D eigenvalue weighted by Crippen LogP contribution is -2.53. The van der Waals surface area contributed by atoms with Crippen molar-refractivity contribution in [2.24, 2.45) is 5.92 Å². The van der Waals surface area contributed by atoms with Crippen molar-refractivity contribution in [1.82, 2.24) is 16.0 Å². The van der Waals surface area contributed by atoms with E-state index in [-0.39, 0.29) is 17.9 Å². The second-order valence-electron chi connectivity index (χ2n) is 5.66. The minimum Gasteiger partial charge on any atom is -0.465 e. The quantitative estimate of drug-likeness (QED) is 0.485. The molecular weight excluding hydrogens is 262 g/mol. The third-order valence-corrected chi connectivity index (χ3v) is 3.34. The van der Waals surface area contributed by atoms with Gasteiger partial charge in [-0.15, -0.1) is 0 Å². The molecule has 116 valence electrons. The van der Waals surface area contributed by atoms with Gasteiger partial charge < -0.3 is 26.2 Å². The molecule has 0 bridgehead atoms. The van der Waals surface area contributed by atoms with E-state index in [2.05, 4.69) is 16.0 Å². The Labute approximate surface area is 119 Å². The highest BCUT2D eigenvalue weighted by atomic mass is 16.4.